The van der Waals surface area contributed by atoms with E-state index in [0.29, 0.717) is 12.1 Å². The van der Waals surface area contributed by atoms with Gasteiger partial charge in [-0.2, -0.15) is 4.52 Å². The second kappa shape index (κ2) is 5.39. The van der Waals surface area contributed by atoms with E-state index in [9.17, 15) is 5.11 Å². The van der Waals surface area contributed by atoms with Crippen molar-refractivity contribution in [3.05, 3.63) is 18.0 Å². The Kier molecular flexibility index (Phi) is 3.54. The number of hydrogen-bond acceptors (Lipinski definition) is 6. The fourth-order valence-corrected chi connectivity index (χ4v) is 3.53. The van der Waals surface area contributed by atoms with Crippen molar-refractivity contribution in [3.63, 3.8) is 0 Å². The molecule has 1 aliphatic carbocycles. The van der Waals surface area contributed by atoms with Gasteiger partial charge in [-0.25, -0.2) is 0 Å². The van der Waals surface area contributed by atoms with E-state index in [2.05, 4.69) is 47.8 Å². The summed E-state index contributed by atoms with van der Waals surface area (Å²) >= 11 is 0. The molecule has 24 heavy (non-hydrogen) atoms. The third-order valence-corrected chi connectivity index (χ3v) is 5.41. The fourth-order valence-electron chi connectivity index (χ4n) is 3.53. The van der Waals surface area contributed by atoms with Gasteiger partial charge in [-0.3, -0.25) is 4.90 Å². The molecule has 2 aromatic rings. The second-order valence-corrected chi connectivity index (χ2v) is 8.17. The van der Waals surface area contributed by atoms with Crippen LogP contribution in [-0.2, 0) is 5.41 Å². The van der Waals surface area contributed by atoms with Crippen LogP contribution in [0.15, 0.2) is 12.1 Å². The molecule has 1 saturated carbocycles. The molecule has 1 N–H and O–H groups in total. The molecule has 0 bridgehead atoms. The van der Waals surface area contributed by atoms with Crippen molar-refractivity contribution in [2.75, 3.05) is 25.0 Å². The molecule has 7 heteroatoms. The van der Waals surface area contributed by atoms with Crippen molar-refractivity contribution < 1.29 is 5.11 Å². The Hall–Kier alpha value is -1.73. The van der Waals surface area contributed by atoms with Crippen LogP contribution in [0.2, 0.25) is 0 Å². The summed E-state index contributed by atoms with van der Waals surface area (Å²) in [5.41, 5.74) is 0.693. The summed E-state index contributed by atoms with van der Waals surface area (Å²) < 4.78 is 1.86. The SMILES string of the molecule is CN(C1CN(c2ccc3nnc(C(C)(C)C)n3n2)C1)C1CCC1O. The maximum absolute atomic E-state index is 9.85. The zero-order valence-corrected chi connectivity index (χ0v) is 14.8. The monoisotopic (exact) mass is 330 g/mol. The van der Waals surface area contributed by atoms with E-state index in [1.807, 2.05) is 16.6 Å². The molecule has 0 spiro atoms. The maximum atomic E-state index is 9.85. The molecule has 4 rings (SSSR count). The van der Waals surface area contributed by atoms with Gasteiger partial charge in [0.1, 0.15) is 5.82 Å². The van der Waals surface area contributed by atoms with Gasteiger partial charge in [0.2, 0.25) is 0 Å². The Morgan fingerprint density at radius 1 is 1.17 bits per heavy atom. The van der Waals surface area contributed by atoms with Crippen molar-refractivity contribution in [1.82, 2.24) is 24.7 Å². The van der Waals surface area contributed by atoms with Gasteiger partial charge < -0.3 is 10.0 Å². The van der Waals surface area contributed by atoms with Crippen LogP contribution in [-0.4, -0.2) is 68.1 Å². The number of aromatic nitrogens is 4. The molecule has 3 heterocycles. The van der Waals surface area contributed by atoms with Crippen molar-refractivity contribution >= 4 is 11.5 Å². The molecule has 0 radical (unpaired) electrons. The molecule has 0 aromatic carbocycles. The molecular weight excluding hydrogens is 304 g/mol. The van der Waals surface area contributed by atoms with Crippen LogP contribution >= 0.6 is 0 Å². The number of rotatable bonds is 3. The predicted molar refractivity (Wildman–Crippen MR) is 92.3 cm³/mol. The van der Waals surface area contributed by atoms with Crippen LogP contribution in [0.1, 0.15) is 39.4 Å². The summed E-state index contributed by atoms with van der Waals surface area (Å²) in [4.78, 5) is 4.61. The van der Waals surface area contributed by atoms with E-state index in [1.165, 1.54) is 0 Å². The molecule has 130 valence electrons. The summed E-state index contributed by atoms with van der Waals surface area (Å²) in [6.07, 6.45) is 1.89. The number of aliphatic hydroxyl groups is 1. The summed E-state index contributed by atoms with van der Waals surface area (Å²) in [6.45, 7) is 8.26. The molecule has 2 aliphatic rings. The minimum Gasteiger partial charge on any atom is -0.391 e. The number of hydrogen-bond donors (Lipinski definition) is 1. The van der Waals surface area contributed by atoms with Gasteiger partial charge in [-0.15, -0.1) is 15.3 Å². The van der Waals surface area contributed by atoms with Crippen molar-refractivity contribution in [2.45, 2.75) is 57.2 Å². The Morgan fingerprint density at radius 3 is 2.50 bits per heavy atom. The van der Waals surface area contributed by atoms with Gasteiger partial charge in [0.25, 0.3) is 0 Å². The molecule has 1 saturated heterocycles. The lowest BCUT2D eigenvalue weighted by Crippen LogP contribution is -2.64. The Bertz CT molecular complexity index is 745. The first kappa shape index (κ1) is 15.8. The normalized spacial score (nSPS) is 25.2. The van der Waals surface area contributed by atoms with Gasteiger partial charge in [-0.1, -0.05) is 20.8 Å². The standard InChI is InChI=1S/C17H26N6O/c1-17(2,3)16-19-18-14-7-8-15(20-23(14)16)22-9-11(10-22)21(4)12-5-6-13(12)24/h7-8,11-13,24H,5-6,9-10H2,1-4H3. The quantitative estimate of drug-likeness (QED) is 0.908. The number of nitrogens with zero attached hydrogens (tertiary/aromatic N) is 6. The van der Waals surface area contributed by atoms with E-state index in [4.69, 9.17) is 5.10 Å². The molecule has 2 aromatic heterocycles. The van der Waals surface area contributed by atoms with Gasteiger partial charge in [0.05, 0.1) is 6.10 Å². The Balaban J connectivity index is 1.50. The van der Waals surface area contributed by atoms with E-state index in [-0.39, 0.29) is 11.5 Å². The van der Waals surface area contributed by atoms with Crippen LogP contribution in [0.25, 0.3) is 5.65 Å². The third-order valence-electron chi connectivity index (χ3n) is 5.41. The first-order chi connectivity index (χ1) is 11.3. The van der Waals surface area contributed by atoms with Crippen molar-refractivity contribution in [3.8, 4) is 0 Å². The van der Waals surface area contributed by atoms with E-state index < -0.39 is 0 Å². The fraction of sp³-hybridized carbons (Fsp3) is 0.706. The van der Waals surface area contributed by atoms with Gasteiger partial charge >= 0.3 is 0 Å². The van der Waals surface area contributed by atoms with Crippen LogP contribution in [0, 0.1) is 0 Å². The largest absolute Gasteiger partial charge is 0.391 e. The van der Waals surface area contributed by atoms with Gasteiger partial charge in [0, 0.05) is 30.6 Å². The Labute approximate surface area is 142 Å². The van der Waals surface area contributed by atoms with Crippen LogP contribution in [0.5, 0.6) is 0 Å². The predicted octanol–water partition coefficient (Wildman–Crippen LogP) is 1.07. The zero-order valence-electron chi connectivity index (χ0n) is 14.8. The average Bonchev–Trinajstić information content (AvgIpc) is 2.87. The minimum atomic E-state index is -0.148. The number of likely N-dealkylation sites (N-methyl/N-ethyl adjacent to an activating group) is 1. The molecule has 1 aliphatic heterocycles. The highest BCUT2D eigenvalue weighted by atomic mass is 16.3. The molecule has 2 fully saturated rings. The highest BCUT2D eigenvalue weighted by Crippen LogP contribution is 2.30. The van der Waals surface area contributed by atoms with Crippen LogP contribution in [0.3, 0.4) is 0 Å². The summed E-state index contributed by atoms with van der Waals surface area (Å²) in [6, 6.07) is 4.82. The second-order valence-electron chi connectivity index (χ2n) is 8.17. The highest BCUT2D eigenvalue weighted by molar-refractivity contribution is 5.48. The van der Waals surface area contributed by atoms with Gasteiger partial charge in [0.15, 0.2) is 11.5 Å². The highest BCUT2D eigenvalue weighted by Gasteiger charge is 2.40. The molecule has 0 amide bonds. The molecule has 2 unspecified atom stereocenters. The summed E-state index contributed by atoms with van der Waals surface area (Å²) in [5, 5.41) is 23.1. The van der Waals surface area contributed by atoms with Crippen LogP contribution < -0.4 is 4.90 Å². The summed E-state index contributed by atoms with van der Waals surface area (Å²) in [5.74, 6) is 1.85. The topological polar surface area (TPSA) is 69.8 Å². The van der Waals surface area contributed by atoms with Crippen LogP contribution in [0.4, 0.5) is 5.82 Å². The van der Waals surface area contributed by atoms with E-state index >= 15 is 0 Å². The van der Waals surface area contributed by atoms with Crippen molar-refractivity contribution in [1.29, 1.82) is 0 Å². The number of anilines is 1. The third kappa shape index (κ3) is 2.46. The maximum Gasteiger partial charge on any atom is 0.178 e. The molecule has 7 nitrogen and oxygen atoms in total. The number of fused-ring (bicyclic) bond motifs is 1. The number of aliphatic hydroxyl groups excluding tert-OH is 1. The minimum absolute atomic E-state index is 0.0941. The lowest BCUT2D eigenvalue weighted by Gasteiger charge is -2.50. The smallest absolute Gasteiger partial charge is 0.178 e. The first-order valence-electron chi connectivity index (χ1n) is 8.72. The molecule has 2 atom stereocenters. The van der Waals surface area contributed by atoms with E-state index in [1.54, 1.807) is 0 Å². The molecular formula is C17H26N6O. The lowest BCUT2D eigenvalue weighted by molar-refractivity contribution is -0.0317. The summed E-state index contributed by atoms with van der Waals surface area (Å²) in [7, 11) is 2.13. The Morgan fingerprint density at radius 2 is 1.92 bits per heavy atom. The van der Waals surface area contributed by atoms with Crippen molar-refractivity contribution in [2.24, 2.45) is 0 Å². The zero-order chi connectivity index (χ0) is 17.1. The first-order valence-corrected chi connectivity index (χ1v) is 8.72. The van der Waals surface area contributed by atoms with Gasteiger partial charge in [-0.05, 0) is 32.0 Å². The lowest BCUT2D eigenvalue weighted by atomic mass is 9.86. The van der Waals surface area contributed by atoms with E-state index in [0.717, 1.165) is 43.2 Å². The average molecular weight is 330 g/mol.